The van der Waals surface area contributed by atoms with Crippen molar-refractivity contribution in [3.63, 3.8) is 0 Å². The minimum Gasteiger partial charge on any atom is -0.467 e. The first-order valence-electron chi connectivity index (χ1n) is 8.67. The molecule has 126 valence electrons. The number of fused-ring (bicyclic) bond motifs is 1. The fourth-order valence-corrected chi connectivity index (χ4v) is 3.90. The molecule has 1 aromatic carbocycles. The summed E-state index contributed by atoms with van der Waals surface area (Å²) in [6, 6.07) is 7.68. The van der Waals surface area contributed by atoms with Crippen LogP contribution in [0.2, 0.25) is 5.02 Å². The standard InChI is InChI=1S/C19H21ClN2O2/c20-16-13-14(21-9-3-4-10-21)6-7-15(16)19(23)22-11-2-1-5-18-17(22)8-12-24-18/h6-8,12-13H,1-5,9-11H2. The molecule has 1 saturated heterocycles. The van der Waals surface area contributed by atoms with Crippen molar-refractivity contribution in [3.05, 3.63) is 46.9 Å². The predicted octanol–water partition coefficient (Wildman–Crippen LogP) is 4.52. The van der Waals surface area contributed by atoms with Gasteiger partial charge in [-0.2, -0.15) is 0 Å². The molecule has 3 heterocycles. The molecule has 0 spiro atoms. The van der Waals surface area contributed by atoms with Gasteiger partial charge in [0.1, 0.15) is 5.76 Å². The van der Waals surface area contributed by atoms with Crippen LogP contribution in [0.25, 0.3) is 0 Å². The van der Waals surface area contributed by atoms with E-state index in [1.165, 1.54) is 12.8 Å². The average molecular weight is 345 g/mol. The molecule has 0 radical (unpaired) electrons. The van der Waals surface area contributed by atoms with Gasteiger partial charge >= 0.3 is 0 Å². The number of rotatable bonds is 2. The lowest BCUT2D eigenvalue weighted by molar-refractivity contribution is 0.0987. The molecule has 0 bridgehead atoms. The van der Waals surface area contributed by atoms with Crippen molar-refractivity contribution >= 4 is 28.9 Å². The predicted molar refractivity (Wildman–Crippen MR) is 96.2 cm³/mol. The summed E-state index contributed by atoms with van der Waals surface area (Å²) < 4.78 is 5.54. The highest BCUT2D eigenvalue weighted by Crippen LogP contribution is 2.32. The van der Waals surface area contributed by atoms with E-state index in [-0.39, 0.29) is 5.91 Å². The van der Waals surface area contributed by atoms with Gasteiger partial charge < -0.3 is 14.2 Å². The van der Waals surface area contributed by atoms with Crippen LogP contribution in [-0.4, -0.2) is 25.5 Å². The Labute approximate surface area is 147 Å². The molecule has 0 unspecified atom stereocenters. The minimum atomic E-state index is -0.0440. The number of hydrogen-bond donors (Lipinski definition) is 0. The third-order valence-corrected chi connectivity index (χ3v) is 5.26. The van der Waals surface area contributed by atoms with E-state index >= 15 is 0 Å². The van der Waals surface area contributed by atoms with Crippen molar-refractivity contribution in [2.75, 3.05) is 29.4 Å². The summed E-state index contributed by atoms with van der Waals surface area (Å²) >= 11 is 6.47. The molecular weight excluding hydrogens is 324 g/mol. The van der Waals surface area contributed by atoms with Gasteiger partial charge in [-0.1, -0.05) is 11.6 Å². The van der Waals surface area contributed by atoms with Crippen LogP contribution < -0.4 is 9.80 Å². The number of furan rings is 1. The molecule has 1 aromatic heterocycles. The largest absolute Gasteiger partial charge is 0.467 e. The van der Waals surface area contributed by atoms with E-state index in [9.17, 15) is 4.79 Å². The van der Waals surface area contributed by atoms with Gasteiger partial charge in [-0.3, -0.25) is 4.79 Å². The Morgan fingerprint density at radius 3 is 2.62 bits per heavy atom. The maximum atomic E-state index is 13.1. The molecule has 2 aromatic rings. The summed E-state index contributed by atoms with van der Waals surface area (Å²) in [4.78, 5) is 17.2. The van der Waals surface area contributed by atoms with E-state index < -0.39 is 0 Å². The Hall–Kier alpha value is -1.94. The molecule has 0 N–H and O–H groups in total. The second-order valence-corrected chi connectivity index (χ2v) is 6.91. The summed E-state index contributed by atoms with van der Waals surface area (Å²) in [5.74, 6) is 0.850. The first kappa shape index (κ1) is 15.6. The lowest BCUT2D eigenvalue weighted by Gasteiger charge is -2.22. The Balaban J connectivity index is 1.63. The molecule has 1 fully saturated rings. The third-order valence-electron chi connectivity index (χ3n) is 4.95. The number of halogens is 1. The third kappa shape index (κ3) is 2.80. The average Bonchev–Trinajstić information content (AvgIpc) is 3.23. The van der Waals surface area contributed by atoms with Crippen LogP contribution in [0, 0.1) is 0 Å². The van der Waals surface area contributed by atoms with E-state index in [0.29, 0.717) is 17.1 Å². The maximum Gasteiger partial charge on any atom is 0.259 e. The Kier molecular flexibility index (Phi) is 4.23. The van der Waals surface area contributed by atoms with Crippen molar-refractivity contribution < 1.29 is 9.21 Å². The first-order valence-corrected chi connectivity index (χ1v) is 9.04. The van der Waals surface area contributed by atoms with Crippen molar-refractivity contribution in [3.8, 4) is 0 Å². The number of nitrogens with zero attached hydrogens (tertiary/aromatic N) is 2. The molecule has 2 aliphatic heterocycles. The zero-order valence-electron chi connectivity index (χ0n) is 13.6. The van der Waals surface area contributed by atoms with Crippen LogP contribution in [-0.2, 0) is 6.42 Å². The lowest BCUT2D eigenvalue weighted by Crippen LogP contribution is -2.31. The van der Waals surface area contributed by atoms with E-state index in [1.54, 1.807) is 6.26 Å². The summed E-state index contributed by atoms with van der Waals surface area (Å²) in [7, 11) is 0. The zero-order valence-corrected chi connectivity index (χ0v) is 14.4. The SMILES string of the molecule is O=C(c1ccc(N2CCCC2)cc1Cl)N1CCCCc2occc21. The van der Waals surface area contributed by atoms with E-state index in [2.05, 4.69) is 4.90 Å². The van der Waals surface area contributed by atoms with Gasteiger partial charge in [0.05, 0.1) is 22.5 Å². The summed E-state index contributed by atoms with van der Waals surface area (Å²) in [5.41, 5.74) is 2.56. The smallest absolute Gasteiger partial charge is 0.259 e. The molecule has 0 atom stereocenters. The number of aryl methyl sites for hydroxylation is 1. The normalized spacial score (nSPS) is 17.7. The maximum absolute atomic E-state index is 13.1. The number of amides is 1. The number of carbonyl (C=O) groups is 1. The molecule has 1 amide bonds. The molecule has 0 saturated carbocycles. The van der Waals surface area contributed by atoms with Crippen molar-refractivity contribution in [2.24, 2.45) is 0 Å². The highest BCUT2D eigenvalue weighted by Gasteiger charge is 2.26. The molecule has 24 heavy (non-hydrogen) atoms. The van der Waals surface area contributed by atoms with Crippen LogP contribution in [0.3, 0.4) is 0 Å². The topological polar surface area (TPSA) is 36.7 Å². The molecular formula is C19H21ClN2O2. The van der Waals surface area contributed by atoms with Gasteiger partial charge in [0.25, 0.3) is 5.91 Å². The summed E-state index contributed by atoms with van der Waals surface area (Å²) in [6.07, 6.45) is 6.98. The van der Waals surface area contributed by atoms with Gasteiger partial charge in [-0.15, -0.1) is 0 Å². The molecule has 4 nitrogen and oxygen atoms in total. The monoisotopic (exact) mass is 344 g/mol. The number of benzene rings is 1. The van der Waals surface area contributed by atoms with Gasteiger partial charge in [0, 0.05) is 37.8 Å². The summed E-state index contributed by atoms with van der Waals surface area (Å²) in [5, 5.41) is 0.527. The van der Waals surface area contributed by atoms with E-state index in [4.69, 9.17) is 16.0 Å². The van der Waals surface area contributed by atoms with Crippen molar-refractivity contribution in [2.45, 2.75) is 32.1 Å². The number of hydrogen-bond acceptors (Lipinski definition) is 3. The second kappa shape index (κ2) is 6.52. The fraction of sp³-hybridized carbons (Fsp3) is 0.421. The Morgan fingerprint density at radius 1 is 1.04 bits per heavy atom. The van der Waals surface area contributed by atoms with Crippen LogP contribution in [0.4, 0.5) is 11.4 Å². The minimum absolute atomic E-state index is 0.0440. The van der Waals surface area contributed by atoms with Gasteiger partial charge in [0.2, 0.25) is 0 Å². The number of anilines is 2. The van der Waals surface area contributed by atoms with E-state index in [0.717, 1.165) is 49.5 Å². The quantitative estimate of drug-likeness (QED) is 0.803. The van der Waals surface area contributed by atoms with Crippen LogP contribution in [0.15, 0.2) is 34.9 Å². The van der Waals surface area contributed by atoms with Gasteiger partial charge in [-0.25, -0.2) is 0 Å². The Morgan fingerprint density at radius 2 is 1.83 bits per heavy atom. The molecule has 0 aliphatic carbocycles. The fourth-order valence-electron chi connectivity index (χ4n) is 3.64. The van der Waals surface area contributed by atoms with Gasteiger partial charge in [-0.05, 0) is 43.9 Å². The van der Waals surface area contributed by atoms with Crippen molar-refractivity contribution in [1.29, 1.82) is 0 Å². The highest BCUT2D eigenvalue weighted by molar-refractivity contribution is 6.34. The van der Waals surface area contributed by atoms with Crippen LogP contribution in [0.1, 0.15) is 41.8 Å². The molecule has 4 rings (SSSR count). The summed E-state index contributed by atoms with van der Waals surface area (Å²) in [6.45, 7) is 2.83. The van der Waals surface area contributed by atoms with Crippen LogP contribution >= 0.6 is 11.6 Å². The Bertz CT molecular complexity index is 750. The van der Waals surface area contributed by atoms with Crippen molar-refractivity contribution in [1.82, 2.24) is 0 Å². The van der Waals surface area contributed by atoms with Crippen LogP contribution in [0.5, 0.6) is 0 Å². The lowest BCUT2D eigenvalue weighted by atomic mass is 10.1. The highest BCUT2D eigenvalue weighted by atomic mass is 35.5. The number of carbonyl (C=O) groups excluding carboxylic acids is 1. The molecule has 5 heteroatoms. The first-order chi connectivity index (χ1) is 11.7. The second-order valence-electron chi connectivity index (χ2n) is 6.50. The molecule has 2 aliphatic rings. The van der Waals surface area contributed by atoms with E-state index in [1.807, 2.05) is 29.2 Å². The van der Waals surface area contributed by atoms with Gasteiger partial charge in [0.15, 0.2) is 0 Å². The zero-order chi connectivity index (χ0) is 16.5.